The van der Waals surface area contributed by atoms with Crippen molar-refractivity contribution in [2.45, 2.75) is 12.0 Å². The molecule has 6 heteroatoms. The lowest BCUT2D eigenvalue weighted by Crippen LogP contribution is -2.36. The second-order valence-electron chi connectivity index (χ2n) is 4.84. The van der Waals surface area contributed by atoms with Gasteiger partial charge in [0.25, 0.3) is 5.91 Å². The predicted octanol–water partition coefficient (Wildman–Crippen LogP) is 2.15. The molecule has 2 N–H and O–H groups in total. The van der Waals surface area contributed by atoms with Crippen LogP contribution in [0.4, 0.5) is 5.69 Å². The molecule has 1 atom stereocenters. The first-order valence-electron chi connectivity index (χ1n) is 6.28. The van der Waals surface area contributed by atoms with Crippen LogP contribution in [0.15, 0.2) is 42.7 Å². The summed E-state index contributed by atoms with van der Waals surface area (Å²) in [6.45, 7) is 0. The fourth-order valence-corrected chi connectivity index (χ4v) is 2.54. The van der Waals surface area contributed by atoms with Crippen LogP contribution in [-0.2, 0) is 10.4 Å². The number of hydrogen-bond acceptors (Lipinski definition) is 4. The Morgan fingerprint density at radius 3 is 2.71 bits per heavy atom. The smallest absolute Gasteiger partial charge is 0.261 e. The van der Waals surface area contributed by atoms with E-state index in [0.717, 1.165) is 0 Å². The molecule has 1 aliphatic rings. The molecule has 0 bridgehead atoms. The number of amides is 1. The van der Waals surface area contributed by atoms with E-state index in [-0.39, 0.29) is 12.2 Å². The number of fused-ring (bicyclic) bond motifs is 1. The van der Waals surface area contributed by atoms with Crippen molar-refractivity contribution in [2.75, 3.05) is 5.32 Å². The average Bonchev–Trinajstić information content (AvgIpc) is 2.72. The number of rotatable bonds is 3. The molecule has 5 nitrogen and oxygen atoms in total. The maximum absolute atomic E-state index is 12.2. The zero-order valence-corrected chi connectivity index (χ0v) is 11.6. The number of aliphatic hydroxyl groups is 1. The summed E-state index contributed by atoms with van der Waals surface area (Å²) in [5.41, 5.74) is -0.723. The van der Waals surface area contributed by atoms with Crippen LogP contribution < -0.4 is 5.32 Å². The van der Waals surface area contributed by atoms with Crippen LogP contribution in [0, 0.1) is 0 Å². The number of aromatic nitrogens is 1. The molecule has 0 fully saturated rings. The van der Waals surface area contributed by atoms with Crippen LogP contribution in [0.1, 0.15) is 22.3 Å². The molecule has 0 aliphatic carbocycles. The number of nitrogens with one attached hydrogen (secondary N) is 1. The van der Waals surface area contributed by atoms with Gasteiger partial charge in [0.05, 0.1) is 6.42 Å². The molecular weight excluding hydrogens is 292 g/mol. The minimum Gasteiger partial charge on any atom is -0.375 e. The number of benzene rings is 1. The van der Waals surface area contributed by atoms with Gasteiger partial charge in [-0.2, -0.15) is 0 Å². The van der Waals surface area contributed by atoms with E-state index in [0.29, 0.717) is 21.8 Å². The molecule has 1 aliphatic heterocycles. The van der Waals surface area contributed by atoms with Gasteiger partial charge in [0.15, 0.2) is 11.4 Å². The summed E-state index contributed by atoms with van der Waals surface area (Å²) >= 11 is 5.91. The van der Waals surface area contributed by atoms with Gasteiger partial charge in [-0.05, 0) is 30.3 Å². The topological polar surface area (TPSA) is 79.3 Å². The maximum atomic E-state index is 12.2. The van der Waals surface area contributed by atoms with Gasteiger partial charge in [0, 0.05) is 34.2 Å². The molecule has 1 aromatic heterocycles. The van der Waals surface area contributed by atoms with Crippen molar-refractivity contribution < 1.29 is 14.7 Å². The van der Waals surface area contributed by atoms with E-state index in [4.69, 9.17) is 11.6 Å². The molecule has 0 spiro atoms. The first-order chi connectivity index (χ1) is 10.0. The maximum Gasteiger partial charge on any atom is 0.261 e. The first-order valence-corrected chi connectivity index (χ1v) is 6.65. The van der Waals surface area contributed by atoms with Gasteiger partial charge in [-0.15, -0.1) is 0 Å². The third-order valence-electron chi connectivity index (χ3n) is 3.47. The normalized spacial score (nSPS) is 20.0. The highest BCUT2D eigenvalue weighted by atomic mass is 35.5. The molecule has 0 radical (unpaired) electrons. The second-order valence-corrected chi connectivity index (χ2v) is 5.28. The van der Waals surface area contributed by atoms with Crippen LogP contribution >= 0.6 is 11.6 Å². The monoisotopic (exact) mass is 302 g/mol. The van der Waals surface area contributed by atoms with Crippen molar-refractivity contribution in [2.24, 2.45) is 0 Å². The Balaban J connectivity index is 1.97. The van der Waals surface area contributed by atoms with Crippen LogP contribution in [0.2, 0.25) is 5.02 Å². The third kappa shape index (κ3) is 2.30. The molecule has 0 saturated heterocycles. The minimum absolute atomic E-state index is 0.322. The van der Waals surface area contributed by atoms with Crippen molar-refractivity contribution >= 4 is 29.0 Å². The van der Waals surface area contributed by atoms with E-state index in [9.17, 15) is 14.7 Å². The molecule has 0 saturated carbocycles. The number of carbonyl (C=O) groups is 2. The van der Waals surface area contributed by atoms with Crippen molar-refractivity contribution in [3.05, 3.63) is 58.9 Å². The van der Waals surface area contributed by atoms with E-state index in [1.54, 1.807) is 12.1 Å². The summed E-state index contributed by atoms with van der Waals surface area (Å²) in [5.74, 6) is -0.968. The Labute approximate surface area is 125 Å². The Bertz CT molecular complexity index is 733. The number of ketones is 1. The second kappa shape index (κ2) is 4.95. The van der Waals surface area contributed by atoms with E-state index in [1.165, 1.54) is 30.6 Å². The fourth-order valence-electron chi connectivity index (χ4n) is 2.36. The van der Waals surface area contributed by atoms with Gasteiger partial charge in [-0.25, -0.2) is 0 Å². The van der Waals surface area contributed by atoms with E-state index < -0.39 is 11.5 Å². The summed E-state index contributed by atoms with van der Waals surface area (Å²) in [7, 11) is 0. The summed E-state index contributed by atoms with van der Waals surface area (Å²) in [6, 6.07) is 7.78. The van der Waals surface area contributed by atoms with Crippen LogP contribution in [-0.4, -0.2) is 21.8 Å². The van der Waals surface area contributed by atoms with Gasteiger partial charge in [0.2, 0.25) is 0 Å². The number of carbonyl (C=O) groups excluding carboxylic acids is 2. The zero-order valence-electron chi connectivity index (χ0n) is 10.8. The quantitative estimate of drug-likeness (QED) is 0.851. The van der Waals surface area contributed by atoms with E-state index >= 15 is 0 Å². The highest BCUT2D eigenvalue weighted by molar-refractivity contribution is 6.31. The molecule has 106 valence electrons. The molecule has 21 heavy (non-hydrogen) atoms. The van der Waals surface area contributed by atoms with Crippen LogP contribution in [0.5, 0.6) is 0 Å². The lowest BCUT2D eigenvalue weighted by Gasteiger charge is -2.20. The standard InChI is InChI=1S/C15H11ClN2O3/c16-10-1-2-12-11(7-10)15(21,14(20)18-12)8-13(19)9-3-5-17-6-4-9/h1-7,21H,8H2,(H,18,20)/t15-/m0/s1. The van der Waals surface area contributed by atoms with Crippen LogP contribution in [0.3, 0.4) is 0 Å². The SMILES string of the molecule is O=C(C[C@@]1(O)C(=O)Nc2ccc(Cl)cc21)c1ccncc1. The minimum atomic E-state index is -1.90. The highest BCUT2D eigenvalue weighted by Crippen LogP contribution is 2.40. The molecule has 3 rings (SSSR count). The first kappa shape index (κ1) is 13.7. The van der Waals surface area contributed by atoms with Gasteiger partial charge >= 0.3 is 0 Å². The molecule has 2 heterocycles. The lowest BCUT2D eigenvalue weighted by atomic mass is 9.88. The Hall–Kier alpha value is -2.24. The zero-order chi connectivity index (χ0) is 15.0. The van der Waals surface area contributed by atoms with Crippen molar-refractivity contribution in [3.63, 3.8) is 0 Å². The Morgan fingerprint density at radius 1 is 1.29 bits per heavy atom. The highest BCUT2D eigenvalue weighted by Gasteiger charge is 2.46. The van der Waals surface area contributed by atoms with Crippen molar-refractivity contribution in [3.8, 4) is 0 Å². The fraction of sp³-hybridized carbons (Fsp3) is 0.133. The van der Waals surface area contributed by atoms with Gasteiger partial charge in [-0.1, -0.05) is 11.6 Å². The van der Waals surface area contributed by atoms with Crippen molar-refractivity contribution in [1.82, 2.24) is 4.98 Å². The molecule has 1 amide bonds. The lowest BCUT2D eigenvalue weighted by molar-refractivity contribution is -0.133. The molecular formula is C15H11ClN2O3. The number of nitrogens with zero attached hydrogens (tertiary/aromatic N) is 1. The van der Waals surface area contributed by atoms with Crippen LogP contribution in [0.25, 0.3) is 0 Å². The number of pyridine rings is 1. The summed E-state index contributed by atoms with van der Waals surface area (Å²) in [6.07, 6.45) is 2.61. The van der Waals surface area contributed by atoms with Crippen molar-refractivity contribution in [1.29, 1.82) is 0 Å². The number of Topliss-reactive ketones (excluding diaryl/α,β-unsaturated/α-hetero) is 1. The average molecular weight is 303 g/mol. The predicted molar refractivity (Wildman–Crippen MR) is 77.2 cm³/mol. The van der Waals surface area contributed by atoms with Gasteiger partial charge < -0.3 is 10.4 Å². The molecule has 0 unspecified atom stereocenters. The summed E-state index contributed by atoms with van der Waals surface area (Å²) < 4.78 is 0. The molecule has 1 aromatic carbocycles. The largest absolute Gasteiger partial charge is 0.375 e. The third-order valence-corrected chi connectivity index (χ3v) is 3.70. The summed E-state index contributed by atoms with van der Waals surface area (Å²) in [5, 5.41) is 13.6. The molecule has 2 aromatic rings. The van der Waals surface area contributed by atoms with E-state index in [1.807, 2.05) is 0 Å². The Kier molecular flexibility index (Phi) is 3.23. The number of anilines is 1. The van der Waals surface area contributed by atoms with E-state index in [2.05, 4.69) is 10.3 Å². The number of halogens is 1. The van der Waals surface area contributed by atoms with Gasteiger partial charge in [0.1, 0.15) is 0 Å². The number of hydrogen-bond donors (Lipinski definition) is 2. The summed E-state index contributed by atoms with van der Waals surface area (Å²) in [4.78, 5) is 28.1. The Morgan fingerprint density at radius 2 is 2.00 bits per heavy atom. The van der Waals surface area contributed by atoms with Gasteiger partial charge in [-0.3, -0.25) is 14.6 Å².